The number of carbonyl (C=O) groups is 7. The number of imide groups is 1. The van der Waals surface area contributed by atoms with Crippen molar-refractivity contribution in [1.82, 2.24) is 44.5 Å². The molecule has 7 aromatic rings. The molecule has 736 valence electrons. The minimum Gasteiger partial charge on any atom is -0.444 e. The molecule has 5 aromatic heterocycles. The quantitative estimate of drug-likeness (QED) is 0.00355. The van der Waals surface area contributed by atoms with E-state index >= 15 is 0 Å². The van der Waals surface area contributed by atoms with Gasteiger partial charge in [-0.3, -0.25) is 51.1 Å². The number of fused-ring (bicyclic) bond motifs is 1. The van der Waals surface area contributed by atoms with E-state index in [0.29, 0.717) is 63.1 Å². The smallest absolute Gasteiger partial charge is 0.444 e. The third-order valence-electron chi connectivity index (χ3n) is 16.1. The fourth-order valence-electron chi connectivity index (χ4n) is 10.1. The maximum Gasteiger partial charge on any atom is 0.519 e. The van der Waals surface area contributed by atoms with E-state index in [4.69, 9.17) is 66.3 Å². The second-order valence-corrected chi connectivity index (χ2v) is 37.6. The van der Waals surface area contributed by atoms with Gasteiger partial charge in [0.1, 0.15) is 28.0 Å². The van der Waals surface area contributed by atoms with E-state index in [-0.39, 0.29) is 68.2 Å². The summed E-state index contributed by atoms with van der Waals surface area (Å²) in [4.78, 5) is 112. The van der Waals surface area contributed by atoms with Crippen LogP contribution in [0.15, 0.2) is 175 Å². The fraction of sp³-hybridized carbons (Fsp3) is 0.542. The van der Waals surface area contributed by atoms with Gasteiger partial charge in [-0.25, -0.2) is 32.4 Å². The highest BCUT2D eigenvalue weighted by Crippen LogP contribution is 2.26. The molecule has 8 rings (SSSR count). The summed E-state index contributed by atoms with van der Waals surface area (Å²) in [6, 6.07) is 41.4. The van der Waals surface area contributed by atoms with Gasteiger partial charge in [0.25, 0.3) is 20.9 Å². The lowest BCUT2D eigenvalue weighted by Gasteiger charge is -2.31. The van der Waals surface area contributed by atoms with E-state index in [1.807, 2.05) is 166 Å². The summed E-state index contributed by atoms with van der Waals surface area (Å²) in [5.74, 6) is 7.33. The van der Waals surface area contributed by atoms with E-state index in [1.165, 1.54) is 33.8 Å². The van der Waals surface area contributed by atoms with Gasteiger partial charge < -0.3 is 80.1 Å². The number of aliphatic hydroxyl groups excluding tert-OH is 5. The number of benzene rings is 2. The van der Waals surface area contributed by atoms with Gasteiger partial charge >= 0.3 is 30.6 Å². The first-order chi connectivity index (χ1) is 60.5. The molecule has 35 heteroatoms. The maximum absolute atomic E-state index is 12.8. The van der Waals surface area contributed by atoms with Gasteiger partial charge in [-0.05, 0) is 269 Å². The van der Waals surface area contributed by atoms with Crippen LogP contribution in [0, 0.1) is 6.92 Å². The first-order valence-corrected chi connectivity index (χ1v) is 45.5. The van der Waals surface area contributed by atoms with Crippen LogP contribution in [0.1, 0.15) is 240 Å². The molecule has 1 aliphatic heterocycles. The van der Waals surface area contributed by atoms with Gasteiger partial charge in [-0.15, -0.1) is 0 Å². The van der Waals surface area contributed by atoms with Gasteiger partial charge in [0.15, 0.2) is 0 Å². The Morgan fingerprint density at radius 3 is 1.00 bits per heavy atom. The Bertz CT molecular complexity index is 4200. The zero-order valence-electron chi connectivity index (χ0n) is 80.6. The Balaban J connectivity index is -0.00000147. The summed E-state index contributed by atoms with van der Waals surface area (Å²) in [6.07, 6.45) is 11.7. The van der Waals surface area contributed by atoms with Crippen molar-refractivity contribution in [3.63, 3.8) is 0 Å². The molecule has 6 heterocycles. The van der Waals surface area contributed by atoms with Gasteiger partial charge in [0.05, 0.1) is 53.1 Å². The summed E-state index contributed by atoms with van der Waals surface area (Å²) < 4.78 is 51.5. The molecule has 0 radical (unpaired) electrons. The average Bonchev–Trinajstić information content (AvgIpc) is 1.62. The fourth-order valence-corrected chi connectivity index (χ4v) is 10.9. The van der Waals surface area contributed by atoms with Crippen molar-refractivity contribution in [3.05, 3.63) is 216 Å². The number of hydrogen-bond acceptors (Lipinski definition) is 29. The molecule has 2 aromatic carbocycles. The molecular formula is C96H154ClN13O20S. The highest BCUT2D eigenvalue weighted by atomic mass is 35.7. The molecule has 1 aliphatic rings. The molecular weight excluding hydrogens is 1720 g/mol. The van der Waals surface area contributed by atoms with Crippen LogP contribution in [0.2, 0.25) is 0 Å². The Hall–Kier alpha value is -10.2. The minimum atomic E-state index is -3.55. The van der Waals surface area contributed by atoms with E-state index in [2.05, 4.69) is 41.3 Å². The number of hydrazine groups is 1. The lowest BCUT2D eigenvalue weighted by Crippen LogP contribution is -2.48. The van der Waals surface area contributed by atoms with Gasteiger partial charge in [-0.1, -0.05) is 80.9 Å². The summed E-state index contributed by atoms with van der Waals surface area (Å²) in [6.45, 7) is 43.5. The summed E-state index contributed by atoms with van der Waals surface area (Å²) >= 11 is 0. The molecule has 0 aliphatic carbocycles. The predicted octanol–water partition coefficient (Wildman–Crippen LogP) is 15.1. The second-order valence-electron chi connectivity index (χ2n) is 35.0. The Morgan fingerprint density at radius 2 is 0.740 bits per heavy atom. The van der Waals surface area contributed by atoms with E-state index in [9.17, 15) is 47.1 Å². The zero-order valence-corrected chi connectivity index (χ0v) is 82.2. The minimum absolute atomic E-state index is 0. The molecule has 33 nitrogen and oxygen atoms in total. The predicted molar refractivity (Wildman–Crippen MR) is 513 cm³/mol. The average molecular weight is 1880 g/mol. The number of carbonyl (C=O) groups excluding carboxylic acids is 7. The molecule has 0 saturated heterocycles. The van der Waals surface area contributed by atoms with Gasteiger partial charge in [0.2, 0.25) is 0 Å². The van der Waals surface area contributed by atoms with Crippen molar-refractivity contribution in [2.24, 2.45) is 23.2 Å². The first-order valence-electron chi connectivity index (χ1n) is 43.2. The number of nitrogens with zero attached hydrogens (tertiary/aromatic N) is 9. The molecule has 13 N–H and O–H groups in total. The lowest BCUT2D eigenvalue weighted by atomic mass is 10.1. The van der Waals surface area contributed by atoms with Crippen molar-refractivity contribution in [2.45, 2.75) is 294 Å². The third-order valence-corrected chi connectivity index (χ3v) is 17.4. The third kappa shape index (κ3) is 65.9. The number of pyridine rings is 5. The van der Waals surface area contributed by atoms with Crippen LogP contribution in [0.3, 0.4) is 0 Å². The summed E-state index contributed by atoms with van der Waals surface area (Å²) in [7, 11) is 1.54. The number of nitrogens with two attached hydrogens (primary N) is 4. The van der Waals surface area contributed by atoms with Crippen LogP contribution in [0.4, 0.5) is 24.0 Å². The topological polar surface area (TPSA) is 492 Å². The molecule has 6 atom stereocenters. The SMILES string of the molecule is C.CC(C)(C)OC(=O)OC(=O)OC(C)(C)C.CC[C@H](C)O.C[C@@H](N)CN(CCc1ccccn1)C(=O)OC(C)(C)C.C[C@H](CN(CCc1ccccn1)C(=O)OC(C)(C)C)N1C(=O)c2ccccc2C1=O.C[C@H](O)CCCCc1ccccn1.C[C@H](O)CN(CCc1ccccn1)C(=O)OC(C)(C)C.C[C@H](O)CO.Cc1ccc(S(=O)(=O)Cl)cc1.NCCc1ccccn1.NN. The number of aromatic nitrogens is 5. The van der Waals surface area contributed by atoms with Crippen molar-refractivity contribution in [1.29, 1.82) is 0 Å². The number of aryl methyl sites for hydroxylation is 2. The zero-order chi connectivity index (χ0) is 99.6. The Morgan fingerprint density at radius 1 is 0.443 bits per heavy atom. The molecule has 0 bridgehead atoms. The highest BCUT2D eigenvalue weighted by Gasteiger charge is 2.40. The number of amides is 5. The highest BCUT2D eigenvalue weighted by molar-refractivity contribution is 8.13. The molecule has 131 heavy (non-hydrogen) atoms. The maximum atomic E-state index is 12.8. The summed E-state index contributed by atoms with van der Waals surface area (Å²) in [5.41, 5.74) is 14.8. The van der Waals surface area contributed by atoms with E-state index in [0.717, 1.165) is 72.6 Å². The number of unbranched alkanes of at least 4 members (excludes halogenated alkanes) is 1. The molecule has 0 fully saturated rings. The van der Waals surface area contributed by atoms with Crippen LogP contribution in [-0.4, -0.2) is 238 Å². The van der Waals surface area contributed by atoms with Gasteiger partial charge in [-0.2, -0.15) is 0 Å². The number of ether oxygens (including phenoxy) is 6. The van der Waals surface area contributed by atoms with Crippen molar-refractivity contribution in [3.8, 4) is 0 Å². The number of rotatable bonds is 26. The van der Waals surface area contributed by atoms with E-state index in [1.54, 1.807) is 149 Å². The molecule has 0 spiro atoms. The molecule has 0 unspecified atom stereocenters. The van der Waals surface area contributed by atoms with E-state index < -0.39 is 79.8 Å². The van der Waals surface area contributed by atoms with Crippen molar-refractivity contribution < 1.29 is 95.9 Å². The Labute approximate surface area is 783 Å². The van der Waals surface area contributed by atoms with Crippen LogP contribution < -0.4 is 23.2 Å². The lowest BCUT2D eigenvalue weighted by molar-refractivity contribution is -0.0296. The largest absolute Gasteiger partial charge is 0.519 e. The van der Waals surface area contributed by atoms with Gasteiger partial charge in [0, 0.05) is 141 Å². The van der Waals surface area contributed by atoms with Crippen LogP contribution in [-0.2, 0) is 69.6 Å². The Kier molecular flexibility index (Phi) is 63.1. The normalized spacial score (nSPS) is 12.7. The standard InChI is InChI=1S/C23H27N3O4.C15H25N3O2.C15H24N2O3.C11H17NO.C10H18O5.C7H7ClO2S.C7H10N2.C4H10O.C3H8O2.CH4.H4N2/c1-16(26-20(27)18-10-5-6-11-19(18)21(26)28)15-25(22(29)30-23(2,3)4)14-12-17-9-7-8-13-24-17;1-12(16)11-18(14(19)20-15(2,3)4)10-8-13-7-5-6-9-17-13;1-12(18)11-17(14(19)20-15(2,3)4)10-8-13-7-5-6-9-16-13;1-10(13)6-2-3-7-11-8-4-5-9-12-11;1-9(2,3)14-7(11)13-8(12)15-10(4,5)6;1-6-2-4-7(5-3-6)11(8,9)10;8-5-4-7-3-1-2-6-9-7;1-3-4(2)5;1-3(5)2-4;;1-2/h5-11,13,16H,12,14-15H2,1-4H3;5-7,9,12H,8,10-11,16H2,1-4H3;5-7,9,12,18H,8,10-11H2,1-4H3;4-5,8-10,13H,2-3,6-7H2,1H3;1-6H3;2-5H,1H3;1-3,6H,4-5,8H2;4-5H,3H2,1-2H3;3-5H,2H2,1H3;1H4;1-2H2/t16-;2*12-;10-;;;;4-;3-;;/m1100...00../s1. The van der Waals surface area contributed by atoms with Crippen molar-refractivity contribution >= 4 is 62.1 Å². The molecule has 0 saturated carbocycles. The second kappa shape index (κ2) is 66.2. The van der Waals surface area contributed by atoms with Crippen LogP contribution in [0.25, 0.3) is 0 Å². The number of halogens is 1. The van der Waals surface area contributed by atoms with Crippen molar-refractivity contribution in [2.75, 3.05) is 52.4 Å². The number of aliphatic hydroxyl groups is 5. The number of hydrogen-bond donors (Lipinski definition) is 9. The first kappa shape index (κ1) is 125. The van der Waals surface area contributed by atoms with Crippen LogP contribution in [0.5, 0.6) is 0 Å². The monoisotopic (exact) mass is 1880 g/mol. The summed E-state index contributed by atoms with van der Waals surface area (Å²) in [5, 5.41) is 42.9. The molecule has 5 amide bonds. The van der Waals surface area contributed by atoms with Crippen LogP contribution >= 0.6 is 10.7 Å².